The number of halogens is 3. The van der Waals surface area contributed by atoms with Crippen LogP contribution in [-0.4, -0.2) is 29.4 Å². The molecule has 0 amide bonds. The molecule has 0 unspecified atom stereocenters. The van der Waals surface area contributed by atoms with Crippen molar-refractivity contribution in [2.45, 2.75) is 13.3 Å². The van der Waals surface area contributed by atoms with Gasteiger partial charge in [0, 0.05) is 0 Å². The van der Waals surface area contributed by atoms with Crippen LogP contribution >= 0.6 is 0 Å². The number of nitrogens with zero attached hydrogens (tertiary/aromatic N) is 2. The first-order valence-corrected chi connectivity index (χ1v) is 5.12. The summed E-state index contributed by atoms with van der Waals surface area (Å²) in [5, 5.41) is 0. The van der Waals surface area contributed by atoms with Crippen molar-refractivity contribution in [3.63, 3.8) is 0 Å². The molecule has 0 spiro atoms. The van der Waals surface area contributed by atoms with E-state index in [0.717, 1.165) is 24.3 Å². The second kappa shape index (κ2) is 6.01. The molecule has 0 saturated heterocycles. The first-order chi connectivity index (χ1) is 8.87. The van der Waals surface area contributed by atoms with Gasteiger partial charge in [-0.15, -0.1) is 13.2 Å². The van der Waals surface area contributed by atoms with Gasteiger partial charge in [-0.1, -0.05) is 0 Å². The lowest BCUT2D eigenvalue weighted by atomic mass is 10.1. The Labute approximate surface area is 106 Å². The van der Waals surface area contributed by atoms with Crippen molar-refractivity contribution < 1.29 is 32.2 Å². The fraction of sp³-hybridized carbons (Fsp3) is 0.273. The van der Waals surface area contributed by atoms with E-state index in [0.29, 0.717) is 0 Å². The zero-order valence-electron chi connectivity index (χ0n) is 9.77. The summed E-state index contributed by atoms with van der Waals surface area (Å²) in [5.41, 5.74) is 8.41. The highest BCUT2D eigenvalue weighted by Crippen LogP contribution is 2.22. The van der Waals surface area contributed by atoms with Crippen LogP contribution < -0.4 is 4.74 Å². The third kappa shape index (κ3) is 4.44. The van der Waals surface area contributed by atoms with Gasteiger partial charge in [-0.25, -0.2) is 4.79 Å². The zero-order valence-corrected chi connectivity index (χ0v) is 9.77. The molecule has 1 aromatic rings. The molecule has 0 saturated carbocycles. The molecule has 0 aliphatic heterocycles. The number of carbonyl (C=O) groups excluding carboxylic acids is 1. The van der Waals surface area contributed by atoms with Crippen molar-refractivity contribution in [2.75, 3.05) is 6.61 Å². The summed E-state index contributed by atoms with van der Waals surface area (Å²) in [7, 11) is 0. The maximum Gasteiger partial charge on any atom is 0.573 e. The molecule has 0 bridgehead atoms. The number of hydrogen-bond acceptors (Lipinski definition) is 3. The smallest absolute Gasteiger partial charge is 0.457 e. The molecule has 5 nitrogen and oxygen atoms in total. The van der Waals surface area contributed by atoms with E-state index in [1.165, 1.54) is 0 Å². The van der Waals surface area contributed by atoms with Crippen LogP contribution in [-0.2, 0) is 9.53 Å². The average Bonchev–Trinajstić information content (AvgIpc) is 2.30. The quantitative estimate of drug-likeness (QED) is 0.365. The maximum absolute atomic E-state index is 11.9. The van der Waals surface area contributed by atoms with Gasteiger partial charge in [-0.3, -0.25) is 0 Å². The number of benzene rings is 1. The Morgan fingerprint density at radius 3 is 2.32 bits per heavy atom. The van der Waals surface area contributed by atoms with Crippen molar-refractivity contribution in [1.29, 1.82) is 0 Å². The second-order valence-electron chi connectivity index (χ2n) is 3.24. The van der Waals surface area contributed by atoms with Crippen LogP contribution in [0.25, 0.3) is 5.53 Å². The van der Waals surface area contributed by atoms with Crippen molar-refractivity contribution >= 4 is 11.7 Å². The molecule has 0 atom stereocenters. The van der Waals surface area contributed by atoms with E-state index in [4.69, 9.17) is 5.53 Å². The van der Waals surface area contributed by atoms with Gasteiger partial charge >= 0.3 is 18.0 Å². The minimum atomic E-state index is -4.80. The summed E-state index contributed by atoms with van der Waals surface area (Å²) in [4.78, 5) is 14.1. The predicted molar refractivity (Wildman–Crippen MR) is 57.5 cm³/mol. The number of rotatable bonds is 4. The third-order valence-electron chi connectivity index (χ3n) is 1.93. The van der Waals surface area contributed by atoms with Crippen molar-refractivity contribution in [2.24, 2.45) is 0 Å². The molecule has 1 aromatic carbocycles. The molecule has 0 N–H and O–H groups in total. The highest BCUT2D eigenvalue weighted by molar-refractivity contribution is 6.40. The van der Waals surface area contributed by atoms with E-state index >= 15 is 0 Å². The molecule has 1 rings (SSSR count). The number of carbonyl (C=O) groups is 1. The summed E-state index contributed by atoms with van der Waals surface area (Å²) >= 11 is 0. The molecule has 0 aromatic heterocycles. The Bertz CT molecular complexity index is 505. The Balaban J connectivity index is 2.92. The van der Waals surface area contributed by atoms with E-state index in [-0.39, 0.29) is 12.2 Å². The highest BCUT2D eigenvalue weighted by atomic mass is 19.4. The van der Waals surface area contributed by atoms with Gasteiger partial charge in [0.2, 0.25) is 0 Å². The summed E-state index contributed by atoms with van der Waals surface area (Å²) in [6.07, 6.45) is -4.80. The van der Waals surface area contributed by atoms with Crippen LogP contribution in [0.3, 0.4) is 0 Å². The van der Waals surface area contributed by atoms with Crippen molar-refractivity contribution in [3.05, 3.63) is 35.4 Å². The normalized spacial score (nSPS) is 10.5. The second-order valence-corrected chi connectivity index (χ2v) is 3.24. The van der Waals surface area contributed by atoms with E-state index in [1.807, 2.05) is 0 Å². The van der Waals surface area contributed by atoms with Crippen LogP contribution in [0.15, 0.2) is 24.3 Å². The topological polar surface area (TPSA) is 71.9 Å². The maximum atomic E-state index is 11.9. The highest BCUT2D eigenvalue weighted by Gasteiger charge is 2.31. The minimum Gasteiger partial charge on any atom is -0.457 e. The van der Waals surface area contributed by atoms with Gasteiger partial charge in [0.1, 0.15) is 5.75 Å². The van der Waals surface area contributed by atoms with Crippen LogP contribution in [0.1, 0.15) is 12.5 Å². The third-order valence-corrected chi connectivity index (χ3v) is 1.93. The first kappa shape index (κ1) is 14.7. The fourth-order valence-corrected chi connectivity index (χ4v) is 1.23. The number of esters is 1. The van der Waals surface area contributed by atoms with E-state index < -0.39 is 23.8 Å². The lowest BCUT2D eigenvalue weighted by molar-refractivity contribution is -0.274. The van der Waals surface area contributed by atoms with Gasteiger partial charge in [-0.2, -0.15) is 4.79 Å². The Kier molecular flexibility index (Phi) is 4.66. The number of alkyl halides is 3. The average molecular weight is 274 g/mol. The monoisotopic (exact) mass is 274 g/mol. The first-order valence-electron chi connectivity index (χ1n) is 5.12. The number of ether oxygens (including phenoxy) is 2. The molecular formula is C11H9F3N2O3. The molecule has 0 radical (unpaired) electrons. The molecule has 0 aliphatic rings. The van der Waals surface area contributed by atoms with Crippen molar-refractivity contribution in [1.82, 2.24) is 0 Å². The SMILES string of the molecule is CCOC(=O)C(=[N+]=[N-])c1ccc(OC(F)(F)F)cc1. The lowest BCUT2D eigenvalue weighted by Gasteiger charge is -2.08. The molecule has 8 heteroatoms. The van der Waals surface area contributed by atoms with Crippen LogP contribution in [0.2, 0.25) is 0 Å². The largest absolute Gasteiger partial charge is 0.573 e. The Hall–Kier alpha value is -2.34. The van der Waals surface area contributed by atoms with Crippen LogP contribution in [0.4, 0.5) is 13.2 Å². The van der Waals surface area contributed by atoms with Crippen molar-refractivity contribution in [3.8, 4) is 5.75 Å². The van der Waals surface area contributed by atoms with Crippen LogP contribution in [0, 0.1) is 0 Å². The summed E-state index contributed by atoms with van der Waals surface area (Å²) in [5.74, 6) is -1.33. The summed E-state index contributed by atoms with van der Waals surface area (Å²) < 4.78 is 44.1. The standard InChI is InChI=1S/C11H9F3N2O3/c1-2-18-10(17)9(16-15)7-3-5-8(6-4-7)19-11(12,13)14/h3-6H,2H2,1H3. The van der Waals surface area contributed by atoms with E-state index in [9.17, 15) is 18.0 Å². The molecule has 0 fully saturated rings. The van der Waals surface area contributed by atoms with Gasteiger partial charge in [0.05, 0.1) is 12.2 Å². The Morgan fingerprint density at radius 1 is 1.32 bits per heavy atom. The van der Waals surface area contributed by atoms with Gasteiger partial charge < -0.3 is 15.0 Å². The molecule has 0 aliphatic carbocycles. The van der Waals surface area contributed by atoms with Gasteiger partial charge in [0.15, 0.2) is 0 Å². The van der Waals surface area contributed by atoms with Crippen LogP contribution in [0.5, 0.6) is 5.75 Å². The predicted octanol–water partition coefficient (Wildman–Crippen LogP) is 2.17. The molecular weight excluding hydrogens is 265 g/mol. The lowest BCUT2D eigenvalue weighted by Crippen LogP contribution is -2.20. The van der Waals surface area contributed by atoms with Gasteiger partial charge in [0.25, 0.3) is 0 Å². The zero-order chi connectivity index (χ0) is 14.5. The number of hydrogen-bond donors (Lipinski definition) is 0. The molecule has 0 heterocycles. The summed E-state index contributed by atoms with van der Waals surface area (Å²) in [6, 6.07) is 4.28. The Morgan fingerprint density at radius 2 is 1.89 bits per heavy atom. The molecule has 19 heavy (non-hydrogen) atoms. The van der Waals surface area contributed by atoms with E-state index in [2.05, 4.69) is 14.3 Å². The molecule has 102 valence electrons. The van der Waals surface area contributed by atoms with Gasteiger partial charge in [-0.05, 0) is 31.2 Å². The van der Waals surface area contributed by atoms with E-state index in [1.54, 1.807) is 6.92 Å². The fourth-order valence-electron chi connectivity index (χ4n) is 1.23. The minimum absolute atomic E-state index is 0.0765. The summed E-state index contributed by atoms with van der Waals surface area (Å²) in [6.45, 7) is 1.64.